The molecule has 304 valence electrons. The Morgan fingerprint density at radius 1 is 0.983 bits per heavy atom. The molecular weight excluding hydrogens is 775 g/mol. The lowest BCUT2D eigenvalue weighted by molar-refractivity contribution is -0.144. The number of rotatable bonds is 11. The van der Waals surface area contributed by atoms with Crippen LogP contribution in [0.15, 0.2) is 66.2 Å². The molecule has 2 aliphatic rings. The van der Waals surface area contributed by atoms with E-state index in [1.54, 1.807) is 39.7 Å². The van der Waals surface area contributed by atoms with Gasteiger partial charge in [-0.1, -0.05) is 57.2 Å². The summed E-state index contributed by atoms with van der Waals surface area (Å²) in [4.78, 5) is 64.7. The van der Waals surface area contributed by atoms with Gasteiger partial charge >= 0.3 is 0 Å². The number of nitrogens with zero attached hydrogens (tertiary/aromatic N) is 5. The average Bonchev–Trinajstić information content (AvgIpc) is 3.95. The number of hydrogen-bond acceptors (Lipinski definition) is 11. The van der Waals surface area contributed by atoms with Crippen LogP contribution < -0.4 is 10.6 Å². The van der Waals surface area contributed by atoms with Crippen molar-refractivity contribution >= 4 is 56.5 Å². The normalized spacial score (nSPS) is 18.0. The van der Waals surface area contributed by atoms with E-state index in [-0.39, 0.29) is 55.8 Å². The molecule has 0 bridgehead atoms. The Labute approximate surface area is 345 Å². The monoisotopic (exact) mass is 823 g/mol. The number of benzene rings is 2. The smallest absolute Gasteiger partial charge is 0.246 e. The summed E-state index contributed by atoms with van der Waals surface area (Å²) in [6, 6.07) is 17.1. The van der Waals surface area contributed by atoms with Gasteiger partial charge in [-0.05, 0) is 66.5 Å². The van der Waals surface area contributed by atoms with Crippen LogP contribution in [0, 0.1) is 12.3 Å². The van der Waals surface area contributed by atoms with Gasteiger partial charge in [0.1, 0.15) is 22.7 Å². The number of hydrogen-bond donors (Lipinski definition) is 4. The van der Waals surface area contributed by atoms with Gasteiger partial charge in [0.2, 0.25) is 23.6 Å². The second-order valence-corrected chi connectivity index (χ2v) is 18.2. The Morgan fingerprint density at radius 2 is 1.72 bits per heavy atom. The first-order chi connectivity index (χ1) is 27.7. The maximum Gasteiger partial charge on any atom is 0.246 e. The van der Waals surface area contributed by atoms with E-state index in [1.165, 1.54) is 9.78 Å². The molecule has 3 atom stereocenters. The van der Waals surface area contributed by atoms with Crippen molar-refractivity contribution in [2.24, 2.45) is 5.41 Å². The van der Waals surface area contributed by atoms with Crippen LogP contribution in [-0.4, -0.2) is 96.6 Å². The zero-order valence-corrected chi connectivity index (χ0v) is 34.7. The number of nitrogens with one attached hydrogen (secondary N) is 2. The SMILES string of the molecule is Cc1ncsc1-c1ccc(CNC(=O)[C@@H]2C[C@@H](O)CN2C(=O)[C@@H](NC(=O)CCC(=O)N2CCC(c3cc4cc(-c5ccccc5O)nnc4s3)CC2)C(C)(C)C)cc1. The van der Waals surface area contributed by atoms with E-state index in [9.17, 15) is 29.4 Å². The number of β-amino-alcohol motifs (C(OH)–C–C–N with tert-alkyl or cyclic N) is 1. The minimum atomic E-state index is -0.977. The maximum atomic E-state index is 14.0. The number of aliphatic hydroxyl groups excluding tert-OH is 1. The van der Waals surface area contributed by atoms with Gasteiger partial charge in [-0.3, -0.25) is 19.2 Å². The highest BCUT2D eigenvalue weighted by molar-refractivity contribution is 7.18. The minimum Gasteiger partial charge on any atom is -0.507 e. The maximum absolute atomic E-state index is 14.0. The van der Waals surface area contributed by atoms with Crippen molar-refractivity contribution < 1.29 is 29.4 Å². The molecule has 58 heavy (non-hydrogen) atoms. The molecular formula is C43H49N7O6S2. The first-order valence-corrected chi connectivity index (χ1v) is 21.3. The van der Waals surface area contributed by atoms with Crippen molar-refractivity contribution in [1.29, 1.82) is 0 Å². The predicted octanol–water partition coefficient (Wildman–Crippen LogP) is 5.79. The summed E-state index contributed by atoms with van der Waals surface area (Å²) in [7, 11) is 0. The van der Waals surface area contributed by atoms with Crippen molar-refractivity contribution in [2.45, 2.75) is 90.4 Å². The molecule has 5 heterocycles. The van der Waals surface area contributed by atoms with Crippen LogP contribution in [0.4, 0.5) is 0 Å². The fourth-order valence-corrected chi connectivity index (χ4v) is 9.64. The molecule has 15 heteroatoms. The van der Waals surface area contributed by atoms with E-state index in [0.29, 0.717) is 24.3 Å². The molecule has 0 spiro atoms. The Kier molecular flexibility index (Phi) is 12.2. The molecule has 2 aromatic carbocycles. The first-order valence-electron chi connectivity index (χ1n) is 19.6. The number of carbonyl (C=O) groups is 4. The second kappa shape index (κ2) is 17.3. The lowest BCUT2D eigenvalue weighted by Gasteiger charge is -2.35. The molecule has 0 aliphatic carbocycles. The van der Waals surface area contributed by atoms with Crippen LogP contribution >= 0.6 is 22.7 Å². The number of aliphatic hydroxyl groups is 1. The third kappa shape index (κ3) is 9.22. The summed E-state index contributed by atoms with van der Waals surface area (Å²) in [5.41, 5.74) is 5.23. The van der Waals surface area contributed by atoms with Crippen molar-refractivity contribution in [2.75, 3.05) is 19.6 Å². The molecule has 13 nitrogen and oxygen atoms in total. The molecule has 4 N–H and O–H groups in total. The number of aromatic hydroxyl groups is 1. The van der Waals surface area contributed by atoms with Crippen molar-refractivity contribution in [3.05, 3.63) is 82.3 Å². The molecule has 2 saturated heterocycles. The summed E-state index contributed by atoms with van der Waals surface area (Å²) < 4.78 is 0. The second-order valence-electron chi connectivity index (χ2n) is 16.3. The molecule has 3 aromatic heterocycles. The van der Waals surface area contributed by atoms with Gasteiger partial charge in [-0.25, -0.2) is 4.98 Å². The Morgan fingerprint density at radius 3 is 2.41 bits per heavy atom. The van der Waals surface area contributed by atoms with Gasteiger partial charge in [0.15, 0.2) is 0 Å². The average molecular weight is 824 g/mol. The lowest BCUT2D eigenvalue weighted by atomic mass is 9.85. The highest BCUT2D eigenvalue weighted by atomic mass is 32.1. The van der Waals surface area contributed by atoms with Gasteiger partial charge < -0.3 is 30.6 Å². The van der Waals surface area contributed by atoms with E-state index in [1.807, 2.05) is 75.7 Å². The number of thiophene rings is 1. The number of thiazole rings is 1. The van der Waals surface area contributed by atoms with Crippen LogP contribution in [0.1, 0.15) is 74.9 Å². The molecule has 0 saturated carbocycles. The van der Waals surface area contributed by atoms with Gasteiger partial charge in [0.05, 0.1) is 27.9 Å². The van der Waals surface area contributed by atoms with Crippen LogP contribution in [0.25, 0.3) is 31.9 Å². The van der Waals surface area contributed by atoms with E-state index < -0.39 is 35.4 Å². The van der Waals surface area contributed by atoms with Crippen LogP contribution in [0.2, 0.25) is 0 Å². The number of piperidine rings is 1. The van der Waals surface area contributed by atoms with Crippen LogP contribution in [0.3, 0.4) is 0 Å². The number of carbonyl (C=O) groups excluding carboxylic acids is 4. The topological polar surface area (TPSA) is 178 Å². The molecule has 0 radical (unpaired) electrons. The highest BCUT2D eigenvalue weighted by Crippen LogP contribution is 2.37. The van der Waals surface area contributed by atoms with Crippen molar-refractivity contribution in [3.63, 3.8) is 0 Å². The molecule has 2 fully saturated rings. The number of phenolic OH excluding ortho intramolecular Hbond substituents is 1. The number of aromatic nitrogens is 3. The van der Waals surface area contributed by atoms with E-state index in [2.05, 4.69) is 31.9 Å². The van der Waals surface area contributed by atoms with E-state index in [0.717, 1.165) is 44.8 Å². The van der Waals surface area contributed by atoms with Crippen LogP contribution in [0.5, 0.6) is 5.75 Å². The number of para-hydroxylation sites is 1. The minimum absolute atomic E-state index is 0.00734. The van der Waals surface area contributed by atoms with Gasteiger partial charge in [-0.15, -0.1) is 32.9 Å². The number of amides is 4. The Balaban J connectivity index is 0.899. The molecule has 0 unspecified atom stereocenters. The third-order valence-electron chi connectivity index (χ3n) is 11.0. The fraction of sp³-hybridized carbons (Fsp3) is 0.419. The summed E-state index contributed by atoms with van der Waals surface area (Å²) in [6.07, 6.45) is 0.695. The largest absolute Gasteiger partial charge is 0.507 e. The first kappa shape index (κ1) is 40.9. The third-order valence-corrected chi connectivity index (χ3v) is 13.2. The zero-order valence-electron chi connectivity index (χ0n) is 33.1. The van der Waals surface area contributed by atoms with Gasteiger partial charge in [-0.2, -0.15) is 0 Å². The van der Waals surface area contributed by atoms with Gasteiger partial charge in [0, 0.05) is 61.3 Å². The molecule has 7 rings (SSSR count). The molecule has 2 aliphatic heterocycles. The van der Waals surface area contributed by atoms with Gasteiger partial charge in [0.25, 0.3) is 0 Å². The lowest BCUT2D eigenvalue weighted by Crippen LogP contribution is -2.57. The number of likely N-dealkylation sites (tertiary alicyclic amines) is 2. The zero-order chi connectivity index (χ0) is 41.1. The summed E-state index contributed by atoms with van der Waals surface area (Å²) in [5, 5.41) is 36.3. The summed E-state index contributed by atoms with van der Waals surface area (Å²) in [6.45, 7) is 8.83. The summed E-state index contributed by atoms with van der Waals surface area (Å²) >= 11 is 3.17. The van der Waals surface area contributed by atoms with E-state index in [4.69, 9.17) is 0 Å². The fourth-order valence-electron chi connectivity index (χ4n) is 7.70. The summed E-state index contributed by atoms with van der Waals surface area (Å²) in [5.74, 6) is -0.951. The van der Waals surface area contributed by atoms with E-state index >= 15 is 0 Å². The quantitative estimate of drug-likeness (QED) is 0.128. The Hall–Kier alpha value is -5.25. The molecule has 4 amide bonds. The number of phenols is 1. The standard InChI is InChI=1S/C43H49N7O6S2/c1-25-38(57-24-45-25)28-11-9-26(10-12-28)22-44-40(55)33-21-30(51)23-50(33)42(56)39(43(2,3)4)46-36(53)13-14-37(54)49-17-15-27(16-18-49)35-20-29-19-32(47-48-41(29)58-35)31-7-5-6-8-34(31)52/h5-12,19-20,24,27,30,33,39,51-52H,13-18,21-23H2,1-4H3,(H,44,55)(H,46,53)/t30-,33+,39-/m1/s1. The Bertz CT molecular complexity index is 2290. The predicted molar refractivity (Wildman–Crippen MR) is 224 cm³/mol. The van der Waals surface area contributed by atoms with Crippen molar-refractivity contribution in [3.8, 4) is 27.4 Å². The van der Waals surface area contributed by atoms with Crippen LogP contribution in [-0.2, 0) is 25.7 Å². The number of fused-ring (bicyclic) bond motifs is 1. The highest BCUT2D eigenvalue weighted by Gasteiger charge is 2.44. The van der Waals surface area contributed by atoms with Crippen molar-refractivity contribution in [1.82, 2.24) is 35.6 Å². The number of aryl methyl sites for hydroxylation is 1. The molecule has 5 aromatic rings.